The summed E-state index contributed by atoms with van der Waals surface area (Å²) in [5.41, 5.74) is 6.09. The fraction of sp³-hybridized carbons (Fsp3) is 0. The van der Waals surface area contributed by atoms with Gasteiger partial charge in [0.1, 0.15) is 17.6 Å². The van der Waals surface area contributed by atoms with Gasteiger partial charge < -0.3 is 10.5 Å². The van der Waals surface area contributed by atoms with Crippen molar-refractivity contribution < 1.29 is 13.5 Å². The van der Waals surface area contributed by atoms with Crippen LogP contribution in [0.25, 0.3) is 0 Å². The zero-order valence-electron chi connectivity index (χ0n) is 9.15. The summed E-state index contributed by atoms with van der Waals surface area (Å²) >= 11 is 0. The molecule has 0 aliphatic heterocycles. The third-order valence-corrected chi connectivity index (χ3v) is 2.26. The Kier molecular flexibility index (Phi) is 3.11. The van der Waals surface area contributed by atoms with Crippen molar-refractivity contribution in [3.63, 3.8) is 0 Å². The summed E-state index contributed by atoms with van der Waals surface area (Å²) < 4.78 is 31.4. The van der Waals surface area contributed by atoms with E-state index in [9.17, 15) is 8.78 Å². The lowest BCUT2D eigenvalue weighted by Crippen LogP contribution is -1.93. The van der Waals surface area contributed by atoms with Gasteiger partial charge in [-0.1, -0.05) is 0 Å². The molecular weight excluding hydrogens is 238 g/mol. The van der Waals surface area contributed by atoms with E-state index in [0.717, 1.165) is 18.2 Å². The van der Waals surface area contributed by atoms with Gasteiger partial charge in [0.2, 0.25) is 0 Å². The van der Waals surface area contributed by atoms with Gasteiger partial charge in [0, 0.05) is 12.1 Å². The zero-order valence-corrected chi connectivity index (χ0v) is 9.15. The second-order valence-electron chi connectivity index (χ2n) is 3.54. The lowest BCUT2D eigenvalue weighted by molar-refractivity contribution is 0.436. The van der Waals surface area contributed by atoms with Crippen LogP contribution in [-0.2, 0) is 0 Å². The van der Waals surface area contributed by atoms with Crippen LogP contribution in [0, 0.1) is 23.0 Å². The van der Waals surface area contributed by atoms with Crippen LogP contribution in [0.1, 0.15) is 5.56 Å². The highest BCUT2D eigenvalue weighted by Gasteiger charge is 2.07. The molecule has 0 saturated carbocycles. The van der Waals surface area contributed by atoms with E-state index in [2.05, 4.69) is 0 Å². The van der Waals surface area contributed by atoms with E-state index in [1.807, 2.05) is 6.07 Å². The minimum absolute atomic E-state index is 0.215. The summed E-state index contributed by atoms with van der Waals surface area (Å²) in [6.45, 7) is 0. The smallest absolute Gasteiger partial charge is 0.165 e. The molecule has 2 rings (SSSR count). The predicted molar refractivity (Wildman–Crippen MR) is 62.0 cm³/mol. The van der Waals surface area contributed by atoms with Gasteiger partial charge in [-0.25, -0.2) is 8.78 Å². The van der Waals surface area contributed by atoms with Gasteiger partial charge in [-0.05, 0) is 24.3 Å². The van der Waals surface area contributed by atoms with E-state index in [1.54, 1.807) is 0 Å². The highest BCUT2D eigenvalue weighted by Crippen LogP contribution is 2.27. The molecule has 0 heterocycles. The maximum atomic E-state index is 13.3. The Morgan fingerprint density at radius 2 is 1.89 bits per heavy atom. The predicted octanol–water partition coefficient (Wildman–Crippen LogP) is 3.21. The number of hydrogen-bond donors (Lipinski definition) is 1. The Balaban J connectivity index is 2.32. The average Bonchev–Trinajstić information content (AvgIpc) is 2.34. The molecule has 0 spiro atoms. The molecule has 0 saturated heterocycles. The van der Waals surface area contributed by atoms with Gasteiger partial charge in [-0.3, -0.25) is 0 Å². The monoisotopic (exact) mass is 246 g/mol. The first-order chi connectivity index (χ1) is 8.60. The molecule has 0 atom stereocenters. The van der Waals surface area contributed by atoms with Crippen molar-refractivity contribution in [2.45, 2.75) is 0 Å². The Hall–Kier alpha value is -2.61. The molecule has 2 aromatic carbocycles. The fourth-order valence-electron chi connectivity index (χ4n) is 1.39. The molecule has 0 unspecified atom stereocenters. The second-order valence-corrected chi connectivity index (χ2v) is 3.54. The first-order valence-corrected chi connectivity index (χ1v) is 5.02. The van der Waals surface area contributed by atoms with E-state index < -0.39 is 11.6 Å². The van der Waals surface area contributed by atoms with Crippen molar-refractivity contribution in [1.29, 1.82) is 5.26 Å². The van der Waals surface area contributed by atoms with Crippen LogP contribution in [0.5, 0.6) is 11.5 Å². The molecule has 5 heteroatoms. The number of ether oxygens (including phenoxy) is 1. The van der Waals surface area contributed by atoms with Gasteiger partial charge in [0.25, 0.3) is 0 Å². The van der Waals surface area contributed by atoms with Crippen molar-refractivity contribution in [2.24, 2.45) is 0 Å². The van der Waals surface area contributed by atoms with Crippen molar-refractivity contribution in [3.8, 4) is 17.6 Å². The van der Waals surface area contributed by atoms with Gasteiger partial charge in [0.05, 0.1) is 11.3 Å². The van der Waals surface area contributed by atoms with Crippen molar-refractivity contribution in [2.75, 3.05) is 5.73 Å². The zero-order chi connectivity index (χ0) is 13.1. The number of benzene rings is 2. The van der Waals surface area contributed by atoms with Crippen LogP contribution in [0.3, 0.4) is 0 Å². The van der Waals surface area contributed by atoms with Crippen LogP contribution >= 0.6 is 0 Å². The van der Waals surface area contributed by atoms with E-state index in [1.165, 1.54) is 18.2 Å². The van der Waals surface area contributed by atoms with Crippen LogP contribution < -0.4 is 10.5 Å². The SMILES string of the molecule is N#Cc1ccc(Oc2cc(F)ccc2F)cc1N. The summed E-state index contributed by atoms with van der Waals surface area (Å²) in [5, 5.41) is 8.70. The molecule has 3 nitrogen and oxygen atoms in total. The average molecular weight is 246 g/mol. The first-order valence-electron chi connectivity index (χ1n) is 5.02. The second kappa shape index (κ2) is 4.72. The van der Waals surface area contributed by atoms with Gasteiger partial charge in [-0.15, -0.1) is 0 Å². The quantitative estimate of drug-likeness (QED) is 0.827. The third-order valence-electron chi connectivity index (χ3n) is 2.26. The Morgan fingerprint density at radius 3 is 2.56 bits per heavy atom. The molecule has 2 aromatic rings. The van der Waals surface area contributed by atoms with Crippen molar-refractivity contribution in [1.82, 2.24) is 0 Å². The van der Waals surface area contributed by atoms with Crippen LogP contribution in [0.15, 0.2) is 36.4 Å². The van der Waals surface area contributed by atoms with E-state index in [-0.39, 0.29) is 17.2 Å². The highest BCUT2D eigenvalue weighted by atomic mass is 19.1. The van der Waals surface area contributed by atoms with E-state index in [0.29, 0.717) is 5.56 Å². The molecule has 0 bridgehead atoms. The number of nitrogen functional groups attached to an aromatic ring is 1. The standard InChI is InChI=1S/C13H8F2N2O/c14-9-2-4-11(15)13(5-9)18-10-3-1-8(7-16)12(17)6-10/h1-6H,17H2. The summed E-state index contributed by atoms with van der Waals surface area (Å²) in [7, 11) is 0. The number of anilines is 1. The molecule has 0 amide bonds. The number of rotatable bonds is 2. The van der Waals surface area contributed by atoms with Crippen molar-refractivity contribution in [3.05, 3.63) is 53.6 Å². The maximum absolute atomic E-state index is 13.3. The van der Waals surface area contributed by atoms with Crippen LogP contribution in [0.4, 0.5) is 14.5 Å². The third kappa shape index (κ3) is 2.38. The van der Waals surface area contributed by atoms with E-state index >= 15 is 0 Å². The number of hydrogen-bond acceptors (Lipinski definition) is 3. The normalized spacial score (nSPS) is 9.83. The Bertz CT molecular complexity index is 635. The Labute approximate surface area is 102 Å². The summed E-state index contributed by atoms with van der Waals surface area (Å²) in [6.07, 6.45) is 0. The van der Waals surface area contributed by atoms with Gasteiger partial charge in [-0.2, -0.15) is 5.26 Å². The number of nitrogens with two attached hydrogens (primary N) is 1. The molecular formula is C13H8F2N2O. The van der Waals surface area contributed by atoms with Gasteiger partial charge >= 0.3 is 0 Å². The Morgan fingerprint density at radius 1 is 1.11 bits per heavy atom. The molecule has 18 heavy (non-hydrogen) atoms. The molecule has 2 N–H and O–H groups in total. The van der Waals surface area contributed by atoms with Crippen LogP contribution in [0.2, 0.25) is 0 Å². The molecule has 90 valence electrons. The summed E-state index contributed by atoms with van der Waals surface area (Å²) in [6, 6.07) is 9.07. The largest absolute Gasteiger partial charge is 0.454 e. The fourth-order valence-corrected chi connectivity index (χ4v) is 1.39. The highest BCUT2D eigenvalue weighted by molar-refractivity contribution is 5.57. The molecule has 0 fully saturated rings. The van der Waals surface area contributed by atoms with Gasteiger partial charge in [0.15, 0.2) is 11.6 Å². The number of nitrogens with zero attached hydrogens (tertiary/aromatic N) is 1. The number of nitriles is 1. The molecule has 0 aromatic heterocycles. The van der Waals surface area contributed by atoms with Crippen LogP contribution in [-0.4, -0.2) is 0 Å². The maximum Gasteiger partial charge on any atom is 0.165 e. The van der Waals surface area contributed by atoms with Crippen molar-refractivity contribution >= 4 is 5.69 Å². The molecule has 0 aliphatic rings. The summed E-state index contributed by atoms with van der Waals surface area (Å²) in [5.74, 6) is -1.29. The number of halogens is 2. The topological polar surface area (TPSA) is 59.0 Å². The minimum atomic E-state index is -0.681. The first kappa shape index (κ1) is 11.9. The minimum Gasteiger partial charge on any atom is -0.454 e. The lowest BCUT2D eigenvalue weighted by Gasteiger charge is -2.08. The lowest BCUT2D eigenvalue weighted by atomic mass is 10.2. The molecule has 0 aliphatic carbocycles. The molecule has 0 radical (unpaired) electrons. The van der Waals surface area contributed by atoms with E-state index in [4.69, 9.17) is 15.7 Å². The summed E-state index contributed by atoms with van der Waals surface area (Å²) in [4.78, 5) is 0.